The lowest BCUT2D eigenvalue weighted by Gasteiger charge is -2.24. The Morgan fingerprint density at radius 3 is 2.24 bits per heavy atom. The number of nitrogens with two attached hydrogens (primary N) is 1. The van der Waals surface area contributed by atoms with E-state index in [0.29, 0.717) is 17.9 Å². The summed E-state index contributed by atoms with van der Waals surface area (Å²) in [6, 6.07) is -3.96. The van der Waals surface area contributed by atoms with Gasteiger partial charge in [0, 0.05) is 24.1 Å². The summed E-state index contributed by atoms with van der Waals surface area (Å²) in [6.45, 7) is 3.69. The Hall–Kier alpha value is -2.25. The van der Waals surface area contributed by atoms with Crippen LogP contribution in [0.2, 0.25) is 0 Å². The number of H-pyrrole nitrogens is 1. The second-order valence-electron chi connectivity index (χ2n) is 8.00. The van der Waals surface area contributed by atoms with E-state index < -0.39 is 47.9 Å². The van der Waals surface area contributed by atoms with E-state index in [1.165, 1.54) is 18.1 Å². The molecule has 33 heavy (non-hydrogen) atoms. The van der Waals surface area contributed by atoms with E-state index in [0.717, 1.165) is 0 Å². The van der Waals surface area contributed by atoms with Crippen molar-refractivity contribution in [1.29, 1.82) is 0 Å². The van der Waals surface area contributed by atoms with Crippen molar-refractivity contribution in [3.05, 3.63) is 18.2 Å². The third kappa shape index (κ3) is 10.5. The quantitative estimate of drug-likeness (QED) is 0.158. The summed E-state index contributed by atoms with van der Waals surface area (Å²) in [4.78, 5) is 56.2. The molecule has 0 aliphatic rings. The van der Waals surface area contributed by atoms with E-state index in [-0.39, 0.29) is 24.5 Å². The predicted octanol–water partition coefficient (Wildman–Crippen LogP) is -0.452. The number of amides is 3. The summed E-state index contributed by atoms with van der Waals surface area (Å²) >= 11 is 5.62. The van der Waals surface area contributed by atoms with Gasteiger partial charge in [0.1, 0.15) is 18.1 Å². The van der Waals surface area contributed by atoms with E-state index in [1.54, 1.807) is 6.20 Å². The normalized spacial score (nSPS) is 14.7. The molecule has 1 aromatic rings. The molecule has 186 valence electrons. The number of hydrogen-bond donors (Lipinski definition) is 7. The fourth-order valence-corrected chi connectivity index (χ4v) is 3.67. The van der Waals surface area contributed by atoms with Gasteiger partial charge in [0.05, 0.1) is 12.4 Å². The lowest BCUT2D eigenvalue weighted by molar-refractivity contribution is -0.142. The van der Waals surface area contributed by atoms with E-state index in [2.05, 4.69) is 38.5 Å². The third-order valence-electron chi connectivity index (χ3n) is 4.71. The van der Waals surface area contributed by atoms with Crippen molar-refractivity contribution in [3.63, 3.8) is 0 Å². The Labute approximate surface area is 203 Å². The number of carboxylic acid groups (broad SMARTS) is 1. The number of carbonyl (C=O) groups is 4. The van der Waals surface area contributed by atoms with Crippen molar-refractivity contribution in [2.24, 2.45) is 11.7 Å². The van der Waals surface area contributed by atoms with Gasteiger partial charge in [-0.05, 0) is 30.8 Å². The molecule has 0 saturated heterocycles. The molecule has 4 atom stereocenters. The number of thiol groups is 1. The summed E-state index contributed by atoms with van der Waals surface area (Å²) in [5, 5.41) is 17.0. The van der Waals surface area contributed by atoms with Gasteiger partial charge >= 0.3 is 5.97 Å². The maximum atomic E-state index is 12.9. The van der Waals surface area contributed by atoms with E-state index in [1.807, 2.05) is 20.1 Å². The number of carbonyl (C=O) groups excluding carboxylic acids is 3. The van der Waals surface area contributed by atoms with Crippen molar-refractivity contribution < 1.29 is 24.3 Å². The smallest absolute Gasteiger partial charge is 0.326 e. The summed E-state index contributed by atoms with van der Waals surface area (Å²) in [5.41, 5.74) is 6.64. The van der Waals surface area contributed by atoms with E-state index in [9.17, 15) is 24.3 Å². The largest absolute Gasteiger partial charge is 0.480 e. The average molecular weight is 503 g/mol. The van der Waals surface area contributed by atoms with Crippen molar-refractivity contribution in [2.75, 3.05) is 17.8 Å². The molecule has 0 radical (unpaired) electrons. The first-order valence-electron chi connectivity index (χ1n) is 10.6. The van der Waals surface area contributed by atoms with Crippen LogP contribution < -0.4 is 21.7 Å². The molecule has 11 nitrogen and oxygen atoms in total. The first kappa shape index (κ1) is 28.8. The molecule has 0 aliphatic carbocycles. The maximum absolute atomic E-state index is 12.9. The van der Waals surface area contributed by atoms with Gasteiger partial charge in [0.25, 0.3) is 0 Å². The van der Waals surface area contributed by atoms with Crippen molar-refractivity contribution >= 4 is 48.1 Å². The molecule has 3 amide bonds. The Kier molecular flexibility index (Phi) is 12.9. The van der Waals surface area contributed by atoms with Gasteiger partial charge in [-0.2, -0.15) is 24.4 Å². The minimum atomic E-state index is -1.15. The highest BCUT2D eigenvalue weighted by Gasteiger charge is 2.30. The first-order chi connectivity index (χ1) is 15.6. The van der Waals surface area contributed by atoms with Crippen LogP contribution in [0, 0.1) is 5.92 Å². The van der Waals surface area contributed by atoms with Crippen LogP contribution in [0.4, 0.5) is 0 Å². The van der Waals surface area contributed by atoms with Crippen molar-refractivity contribution in [1.82, 2.24) is 25.9 Å². The number of thioether (sulfide) groups is 1. The zero-order valence-corrected chi connectivity index (χ0v) is 20.7. The van der Waals surface area contributed by atoms with Gasteiger partial charge in [0.2, 0.25) is 17.7 Å². The zero-order valence-electron chi connectivity index (χ0n) is 19.0. The zero-order chi connectivity index (χ0) is 25.0. The molecule has 1 aromatic heterocycles. The van der Waals surface area contributed by atoms with Gasteiger partial charge in [-0.1, -0.05) is 13.8 Å². The molecule has 4 unspecified atom stereocenters. The number of aliphatic carboxylic acids is 1. The molecule has 0 bridgehead atoms. The van der Waals surface area contributed by atoms with E-state index >= 15 is 0 Å². The number of hydrogen-bond acceptors (Lipinski definition) is 8. The number of rotatable bonds is 15. The van der Waals surface area contributed by atoms with Crippen LogP contribution in [0.3, 0.4) is 0 Å². The molecule has 0 saturated carbocycles. The van der Waals surface area contributed by atoms with Crippen LogP contribution >= 0.6 is 24.4 Å². The lowest BCUT2D eigenvalue weighted by Crippen LogP contribution is -2.58. The monoisotopic (exact) mass is 502 g/mol. The molecule has 1 heterocycles. The molecule has 13 heteroatoms. The molecule has 0 fully saturated rings. The SMILES string of the molecule is CSCCC(NC(=O)C(N)Cc1cnc[nH]1)C(=O)NC(CS)C(=O)NC(CC(C)C)C(=O)O. The first-order valence-corrected chi connectivity index (χ1v) is 12.6. The number of carboxylic acids is 1. The summed E-state index contributed by atoms with van der Waals surface area (Å²) in [5.74, 6) is -2.31. The topological polar surface area (TPSA) is 179 Å². The minimum Gasteiger partial charge on any atom is -0.480 e. The Morgan fingerprint density at radius 1 is 1.12 bits per heavy atom. The number of aromatic amines is 1. The van der Waals surface area contributed by atoms with Crippen molar-refractivity contribution in [3.8, 4) is 0 Å². The summed E-state index contributed by atoms with van der Waals surface area (Å²) < 4.78 is 0. The van der Waals surface area contributed by atoms with Crippen LogP contribution in [0.25, 0.3) is 0 Å². The second-order valence-corrected chi connectivity index (χ2v) is 9.35. The summed E-state index contributed by atoms with van der Waals surface area (Å²) in [7, 11) is 0. The van der Waals surface area contributed by atoms with Gasteiger partial charge in [0.15, 0.2) is 0 Å². The average Bonchev–Trinajstić information content (AvgIpc) is 3.26. The van der Waals surface area contributed by atoms with Crippen LogP contribution in [-0.4, -0.2) is 80.7 Å². The Balaban J connectivity index is 2.79. The second kappa shape index (κ2) is 14.8. The maximum Gasteiger partial charge on any atom is 0.326 e. The third-order valence-corrected chi connectivity index (χ3v) is 5.72. The van der Waals surface area contributed by atoms with Gasteiger partial charge in [-0.3, -0.25) is 14.4 Å². The van der Waals surface area contributed by atoms with Crippen molar-refractivity contribution in [2.45, 2.75) is 57.3 Å². The van der Waals surface area contributed by atoms with Gasteiger partial charge in [-0.25, -0.2) is 9.78 Å². The molecule has 0 spiro atoms. The van der Waals surface area contributed by atoms with Gasteiger partial charge in [-0.15, -0.1) is 0 Å². The fraction of sp³-hybridized carbons (Fsp3) is 0.650. The highest BCUT2D eigenvalue weighted by Crippen LogP contribution is 2.07. The highest BCUT2D eigenvalue weighted by atomic mass is 32.2. The molecule has 0 aliphatic heterocycles. The van der Waals surface area contributed by atoms with Crippen LogP contribution in [-0.2, 0) is 25.6 Å². The number of nitrogens with one attached hydrogen (secondary N) is 4. The lowest BCUT2D eigenvalue weighted by atomic mass is 10.0. The van der Waals surface area contributed by atoms with E-state index in [4.69, 9.17) is 5.73 Å². The predicted molar refractivity (Wildman–Crippen MR) is 130 cm³/mol. The Morgan fingerprint density at radius 2 is 1.73 bits per heavy atom. The van der Waals surface area contributed by atoms with Crippen LogP contribution in [0.5, 0.6) is 0 Å². The number of imidazole rings is 1. The molecular formula is C20H34N6O5S2. The molecule has 0 aromatic carbocycles. The molecule has 7 N–H and O–H groups in total. The minimum absolute atomic E-state index is 0.0475. The standard InChI is InChI=1S/C20H34N6O5S2/c1-11(2)6-15(20(30)31)25-19(29)16(9-32)26-18(28)14(4-5-33-3)24-17(27)13(21)7-12-8-22-10-23-12/h8,10-11,13-16,32H,4-7,9,21H2,1-3H3,(H,22,23)(H,24,27)(H,25,29)(H,26,28)(H,30,31). The fourth-order valence-electron chi connectivity index (χ4n) is 2.94. The molecule has 1 rings (SSSR count). The van der Waals surface area contributed by atoms with Gasteiger partial charge < -0.3 is 31.8 Å². The molecular weight excluding hydrogens is 468 g/mol. The number of aromatic nitrogens is 2. The van der Waals surface area contributed by atoms with Crippen LogP contribution in [0.15, 0.2) is 12.5 Å². The Bertz CT molecular complexity index is 777. The highest BCUT2D eigenvalue weighted by molar-refractivity contribution is 7.98. The number of nitrogens with zero attached hydrogens (tertiary/aromatic N) is 1. The van der Waals surface area contributed by atoms with Crippen LogP contribution in [0.1, 0.15) is 32.4 Å². The summed E-state index contributed by atoms with van der Waals surface area (Å²) in [6.07, 6.45) is 5.69.